The first-order chi connectivity index (χ1) is 6.77. The Balaban J connectivity index is 2.47. The smallest absolute Gasteiger partial charge is 0.185 e. The van der Waals surface area contributed by atoms with E-state index in [2.05, 4.69) is 31.7 Å². The molecule has 1 fully saturated rings. The topological polar surface area (TPSA) is 12.5 Å². The third-order valence-electron chi connectivity index (χ3n) is 2.77. The van der Waals surface area contributed by atoms with Gasteiger partial charge in [0.2, 0.25) is 0 Å². The van der Waals surface area contributed by atoms with E-state index < -0.39 is 0 Å². The van der Waals surface area contributed by atoms with Crippen molar-refractivity contribution in [3.05, 3.63) is 12.0 Å². The Bertz CT molecular complexity index is 181. The van der Waals surface area contributed by atoms with Crippen LogP contribution in [-0.4, -0.2) is 24.6 Å². The van der Waals surface area contributed by atoms with Crippen LogP contribution in [0.3, 0.4) is 0 Å². The van der Waals surface area contributed by atoms with Gasteiger partial charge in [-0.25, -0.2) is 0 Å². The highest BCUT2D eigenvalue weighted by Gasteiger charge is 2.17. The normalized spacial score (nSPS) is 19.9. The van der Waals surface area contributed by atoms with Gasteiger partial charge in [-0.15, -0.1) is 0 Å². The van der Waals surface area contributed by atoms with Crippen LogP contribution in [-0.2, 0) is 4.74 Å². The van der Waals surface area contributed by atoms with E-state index in [-0.39, 0.29) is 0 Å². The molecular weight excluding hydrogens is 174 g/mol. The maximum atomic E-state index is 5.64. The van der Waals surface area contributed by atoms with Crippen LogP contribution in [0.2, 0.25) is 0 Å². The Labute approximate surface area is 87.9 Å². The molecule has 82 valence electrons. The third-order valence-corrected chi connectivity index (χ3v) is 2.77. The molecule has 0 unspecified atom stereocenters. The molecule has 0 radical (unpaired) electrons. The standard InChI is InChI=1S/C12H23NO/c1-4-6-12(14-5-2)13-9-7-11(3)8-10-13/h6,11H,4-5,7-10H2,1-3H3. The summed E-state index contributed by atoms with van der Waals surface area (Å²) in [5.74, 6) is 1.98. The van der Waals surface area contributed by atoms with Gasteiger partial charge < -0.3 is 9.64 Å². The minimum atomic E-state index is 0.776. The van der Waals surface area contributed by atoms with E-state index in [0.717, 1.165) is 37.9 Å². The highest BCUT2D eigenvalue weighted by molar-refractivity contribution is 4.94. The first-order valence-electron chi connectivity index (χ1n) is 5.85. The molecule has 0 aromatic carbocycles. The molecule has 0 aliphatic carbocycles. The molecule has 2 nitrogen and oxygen atoms in total. The van der Waals surface area contributed by atoms with E-state index in [1.165, 1.54) is 12.8 Å². The van der Waals surface area contributed by atoms with Gasteiger partial charge in [-0.3, -0.25) is 0 Å². The molecule has 0 bridgehead atoms. The van der Waals surface area contributed by atoms with Crippen LogP contribution < -0.4 is 0 Å². The second-order valence-corrected chi connectivity index (χ2v) is 4.05. The monoisotopic (exact) mass is 197 g/mol. The minimum Gasteiger partial charge on any atom is -0.480 e. The molecule has 0 N–H and O–H groups in total. The van der Waals surface area contributed by atoms with Crippen LogP contribution in [0, 0.1) is 5.92 Å². The van der Waals surface area contributed by atoms with E-state index in [9.17, 15) is 0 Å². The van der Waals surface area contributed by atoms with Gasteiger partial charge in [0.25, 0.3) is 0 Å². The quantitative estimate of drug-likeness (QED) is 0.642. The molecule has 0 amide bonds. The summed E-state index contributed by atoms with van der Waals surface area (Å²) >= 11 is 0. The molecule has 0 saturated carbocycles. The van der Waals surface area contributed by atoms with Gasteiger partial charge in [0.15, 0.2) is 5.88 Å². The summed E-state index contributed by atoms with van der Waals surface area (Å²) in [6, 6.07) is 0. The number of ether oxygens (including phenoxy) is 1. The fraction of sp³-hybridized carbons (Fsp3) is 0.833. The summed E-state index contributed by atoms with van der Waals surface area (Å²) in [5, 5.41) is 0. The van der Waals surface area contributed by atoms with Gasteiger partial charge in [-0.2, -0.15) is 0 Å². The summed E-state index contributed by atoms with van der Waals surface area (Å²) < 4.78 is 5.64. The van der Waals surface area contributed by atoms with E-state index in [4.69, 9.17) is 4.74 Å². The number of rotatable bonds is 4. The number of allylic oxidation sites excluding steroid dienone is 1. The van der Waals surface area contributed by atoms with Crippen molar-refractivity contribution < 1.29 is 4.74 Å². The Morgan fingerprint density at radius 3 is 2.50 bits per heavy atom. The van der Waals surface area contributed by atoms with Gasteiger partial charge in [0.1, 0.15) is 0 Å². The average Bonchev–Trinajstić information content (AvgIpc) is 2.19. The number of piperidine rings is 1. The highest BCUT2D eigenvalue weighted by atomic mass is 16.5. The third kappa shape index (κ3) is 3.24. The van der Waals surface area contributed by atoms with E-state index in [1.54, 1.807) is 0 Å². The van der Waals surface area contributed by atoms with Gasteiger partial charge in [0, 0.05) is 13.1 Å². The second-order valence-electron chi connectivity index (χ2n) is 4.05. The molecule has 14 heavy (non-hydrogen) atoms. The molecule has 1 heterocycles. The molecule has 2 heteroatoms. The number of likely N-dealkylation sites (tertiary alicyclic amines) is 1. The lowest BCUT2D eigenvalue weighted by molar-refractivity contribution is 0.0953. The Morgan fingerprint density at radius 2 is 2.00 bits per heavy atom. The number of hydrogen-bond acceptors (Lipinski definition) is 2. The largest absolute Gasteiger partial charge is 0.480 e. The molecule has 0 aromatic rings. The van der Waals surface area contributed by atoms with Gasteiger partial charge in [-0.05, 0) is 38.2 Å². The second kappa shape index (κ2) is 5.94. The van der Waals surface area contributed by atoms with E-state index in [1.807, 2.05) is 0 Å². The van der Waals surface area contributed by atoms with Crippen LogP contribution >= 0.6 is 0 Å². The Hall–Kier alpha value is -0.660. The molecular formula is C12H23NO. The van der Waals surface area contributed by atoms with Gasteiger partial charge in [-0.1, -0.05) is 13.8 Å². The molecule has 1 rings (SSSR count). The SMILES string of the molecule is CCC=C(OCC)N1CCC(C)CC1. The Kier molecular flexibility index (Phi) is 4.85. The average molecular weight is 197 g/mol. The fourth-order valence-electron chi connectivity index (χ4n) is 1.83. The molecule has 0 aromatic heterocycles. The predicted octanol–water partition coefficient (Wildman–Crippen LogP) is 3.01. The van der Waals surface area contributed by atoms with Crippen molar-refractivity contribution >= 4 is 0 Å². The first-order valence-corrected chi connectivity index (χ1v) is 5.85. The van der Waals surface area contributed by atoms with Crippen molar-refractivity contribution in [1.82, 2.24) is 4.90 Å². The summed E-state index contributed by atoms with van der Waals surface area (Å²) in [7, 11) is 0. The summed E-state index contributed by atoms with van der Waals surface area (Å²) in [6.45, 7) is 9.64. The minimum absolute atomic E-state index is 0.776. The zero-order chi connectivity index (χ0) is 10.4. The lowest BCUT2D eigenvalue weighted by Crippen LogP contribution is -2.33. The lowest BCUT2D eigenvalue weighted by atomic mass is 9.99. The van der Waals surface area contributed by atoms with E-state index in [0.29, 0.717) is 0 Å². The summed E-state index contributed by atoms with van der Waals surface area (Å²) in [5.41, 5.74) is 0. The molecule has 1 aliphatic heterocycles. The van der Waals surface area contributed by atoms with Crippen molar-refractivity contribution in [3.8, 4) is 0 Å². The van der Waals surface area contributed by atoms with Crippen LogP contribution in [0.5, 0.6) is 0 Å². The number of nitrogens with zero attached hydrogens (tertiary/aromatic N) is 1. The van der Waals surface area contributed by atoms with Crippen LogP contribution in [0.4, 0.5) is 0 Å². The first kappa shape index (κ1) is 11.4. The lowest BCUT2D eigenvalue weighted by Gasteiger charge is -2.33. The fourth-order valence-corrected chi connectivity index (χ4v) is 1.83. The zero-order valence-corrected chi connectivity index (χ0v) is 9.75. The predicted molar refractivity (Wildman–Crippen MR) is 60.0 cm³/mol. The van der Waals surface area contributed by atoms with Gasteiger partial charge >= 0.3 is 0 Å². The summed E-state index contributed by atoms with van der Waals surface area (Å²) in [6.07, 6.45) is 5.85. The number of hydrogen-bond donors (Lipinski definition) is 0. The van der Waals surface area contributed by atoms with Crippen molar-refractivity contribution in [2.45, 2.75) is 40.0 Å². The van der Waals surface area contributed by atoms with Crippen LogP contribution in [0.25, 0.3) is 0 Å². The van der Waals surface area contributed by atoms with E-state index >= 15 is 0 Å². The zero-order valence-electron chi connectivity index (χ0n) is 9.75. The highest BCUT2D eigenvalue weighted by Crippen LogP contribution is 2.20. The maximum absolute atomic E-state index is 5.64. The van der Waals surface area contributed by atoms with Crippen LogP contribution in [0.15, 0.2) is 12.0 Å². The van der Waals surface area contributed by atoms with Crippen molar-refractivity contribution in [3.63, 3.8) is 0 Å². The molecule has 1 saturated heterocycles. The van der Waals surface area contributed by atoms with Crippen molar-refractivity contribution in [2.75, 3.05) is 19.7 Å². The van der Waals surface area contributed by atoms with Crippen molar-refractivity contribution in [2.24, 2.45) is 5.92 Å². The maximum Gasteiger partial charge on any atom is 0.185 e. The van der Waals surface area contributed by atoms with Gasteiger partial charge in [0.05, 0.1) is 6.61 Å². The summed E-state index contributed by atoms with van der Waals surface area (Å²) in [4.78, 5) is 2.38. The van der Waals surface area contributed by atoms with Crippen molar-refractivity contribution in [1.29, 1.82) is 0 Å². The Morgan fingerprint density at radius 1 is 1.36 bits per heavy atom. The molecule has 0 spiro atoms. The van der Waals surface area contributed by atoms with Crippen LogP contribution in [0.1, 0.15) is 40.0 Å². The molecule has 0 atom stereocenters. The molecule has 1 aliphatic rings.